The molecule has 0 aliphatic rings. The van der Waals surface area contributed by atoms with Crippen LogP contribution in [-0.4, -0.2) is 15.8 Å². The predicted molar refractivity (Wildman–Crippen MR) is 168 cm³/mol. The van der Waals surface area contributed by atoms with Crippen molar-refractivity contribution in [3.05, 3.63) is 129 Å². The van der Waals surface area contributed by atoms with Crippen LogP contribution >= 0.6 is 45.9 Å². The highest BCUT2D eigenvalue weighted by molar-refractivity contribution is 7.21. The first-order valence-corrected chi connectivity index (χ1v) is 14.6. The average Bonchev–Trinajstić information content (AvgIpc) is 3.61. The summed E-state index contributed by atoms with van der Waals surface area (Å²) < 4.78 is 0. The van der Waals surface area contributed by atoms with Crippen LogP contribution in [0.3, 0.4) is 0 Å². The van der Waals surface area contributed by atoms with Crippen LogP contribution in [-0.2, 0) is 0 Å². The summed E-state index contributed by atoms with van der Waals surface area (Å²) in [6.45, 7) is 0. The maximum atomic E-state index is 14.3. The van der Waals surface area contributed by atoms with Gasteiger partial charge in [-0.2, -0.15) is 0 Å². The lowest BCUT2D eigenvalue weighted by molar-refractivity contribution is 0.104. The normalized spacial score (nSPS) is 10.8. The monoisotopic (exact) mass is 598 g/mol. The van der Waals surface area contributed by atoms with Gasteiger partial charge in [0.15, 0.2) is 10.3 Å². The van der Waals surface area contributed by atoms with Crippen molar-refractivity contribution in [2.24, 2.45) is 0 Å². The summed E-state index contributed by atoms with van der Waals surface area (Å²) in [5.74, 6) is -0.138. The maximum Gasteiger partial charge on any atom is 0.217 e. The maximum absolute atomic E-state index is 14.3. The highest BCUT2D eigenvalue weighted by Gasteiger charge is 2.27. The number of halogens is 2. The number of nitrogens with zero attached hydrogens (tertiary/aromatic N) is 2. The van der Waals surface area contributed by atoms with E-state index < -0.39 is 0 Å². The number of hydrogen-bond acceptors (Lipinski definition) is 7. The molecule has 40 heavy (non-hydrogen) atoms. The lowest BCUT2D eigenvalue weighted by atomic mass is 10.1. The van der Waals surface area contributed by atoms with Gasteiger partial charge in [-0.15, -0.1) is 0 Å². The van der Waals surface area contributed by atoms with E-state index in [0.717, 1.165) is 22.5 Å². The number of aromatic nitrogens is 2. The van der Waals surface area contributed by atoms with Crippen molar-refractivity contribution in [3.63, 3.8) is 0 Å². The van der Waals surface area contributed by atoms with E-state index in [1.165, 1.54) is 22.7 Å². The molecule has 6 rings (SSSR count). The Bertz CT molecular complexity index is 1640. The molecule has 0 aliphatic heterocycles. The summed E-state index contributed by atoms with van der Waals surface area (Å²) in [4.78, 5) is 25.0. The second-order valence-electron chi connectivity index (χ2n) is 8.72. The van der Waals surface area contributed by atoms with Gasteiger partial charge >= 0.3 is 0 Å². The number of carbonyl (C=O) groups is 1. The first kappa shape index (κ1) is 26.2. The van der Waals surface area contributed by atoms with Gasteiger partial charge in [-0.1, -0.05) is 107 Å². The molecule has 0 amide bonds. The van der Waals surface area contributed by atoms with Gasteiger partial charge in [0.25, 0.3) is 0 Å². The number of anilines is 4. The van der Waals surface area contributed by atoms with Crippen LogP contribution < -0.4 is 10.6 Å². The fourth-order valence-electron chi connectivity index (χ4n) is 4.05. The molecule has 0 bridgehead atoms. The standard InChI is InChI=1S/C31H20Cl2N4OS2/c32-21-11-15-23(16-12-21)34-30-36-25(19-7-3-1-4-8-19)28(39-30)27(38)29-26(20-9-5-2-6-10-20)37-31(40-29)35-24-17-13-22(33)14-18-24/h1-18H,(H,34,36)(H,35,37). The molecule has 0 unspecified atom stereocenters. The van der Waals surface area contributed by atoms with Gasteiger partial charge in [-0.25, -0.2) is 9.97 Å². The van der Waals surface area contributed by atoms with Crippen LogP contribution in [0.1, 0.15) is 14.5 Å². The molecule has 5 nitrogen and oxygen atoms in total. The van der Waals surface area contributed by atoms with E-state index in [2.05, 4.69) is 10.6 Å². The van der Waals surface area contributed by atoms with E-state index >= 15 is 0 Å². The van der Waals surface area contributed by atoms with Gasteiger partial charge in [0, 0.05) is 32.5 Å². The highest BCUT2D eigenvalue weighted by atomic mass is 35.5. The summed E-state index contributed by atoms with van der Waals surface area (Å²) in [6, 6.07) is 34.2. The third-order valence-electron chi connectivity index (χ3n) is 5.95. The largest absolute Gasteiger partial charge is 0.332 e. The zero-order chi connectivity index (χ0) is 27.5. The van der Waals surface area contributed by atoms with Crippen LogP contribution in [0.25, 0.3) is 22.5 Å². The summed E-state index contributed by atoms with van der Waals surface area (Å²) in [6.07, 6.45) is 0. The number of benzene rings is 4. The molecule has 0 spiro atoms. The number of ketones is 1. The van der Waals surface area contributed by atoms with Gasteiger partial charge in [0.1, 0.15) is 9.75 Å². The van der Waals surface area contributed by atoms with Crippen molar-refractivity contribution >= 4 is 73.3 Å². The van der Waals surface area contributed by atoms with E-state index in [0.29, 0.717) is 41.5 Å². The third-order valence-corrected chi connectivity index (χ3v) is 8.40. The third kappa shape index (κ3) is 5.78. The Kier molecular flexibility index (Phi) is 7.62. The van der Waals surface area contributed by atoms with Crippen molar-refractivity contribution in [1.82, 2.24) is 9.97 Å². The Balaban J connectivity index is 1.43. The lowest BCUT2D eigenvalue weighted by Crippen LogP contribution is -2.00. The van der Waals surface area contributed by atoms with E-state index in [1.54, 1.807) is 24.3 Å². The van der Waals surface area contributed by atoms with Gasteiger partial charge < -0.3 is 10.6 Å². The van der Waals surface area contributed by atoms with Crippen LogP contribution in [0.2, 0.25) is 10.0 Å². The number of nitrogens with one attached hydrogen (secondary N) is 2. The second-order valence-corrected chi connectivity index (χ2v) is 11.6. The molecule has 2 aromatic heterocycles. The Labute approximate surface area is 249 Å². The second kappa shape index (κ2) is 11.6. The number of hydrogen-bond donors (Lipinski definition) is 2. The quantitative estimate of drug-likeness (QED) is 0.171. The summed E-state index contributed by atoms with van der Waals surface area (Å²) >= 11 is 14.7. The summed E-state index contributed by atoms with van der Waals surface area (Å²) in [5, 5.41) is 9.14. The van der Waals surface area contributed by atoms with Gasteiger partial charge in [0.05, 0.1) is 11.4 Å². The molecule has 0 aliphatic carbocycles. The Morgan fingerprint density at radius 3 is 1.30 bits per heavy atom. The molecule has 2 N–H and O–H groups in total. The first-order valence-electron chi connectivity index (χ1n) is 12.3. The minimum atomic E-state index is -0.138. The highest BCUT2D eigenvalue weighted by Crippen LogP contribution is 2.39. The molecule has 0 saturated heterocycles. The number of carbonyl (C=O) groups excluding carboxylic acids is 1. The van der Waals surface area contributed by atoms with Gasteiger partial charge in [-0.05, 0) is 48.5 Å². The van der Waals surface area contributed by atoms with E-state index in [-0.39, 0.29) is 5.78 Å². The molecule has 0 fully saturated rings. The average molecular weight is 600 g/mol. The van der Waals surface area contributed by atoms with Crippen molar-refractivity contribution in [1.29, 1.82) is 0 Å². The molecule has 0 atom stereocenters. The number of rotatable bonds is 8. The topological polar surface area (TPSA) is 66.9 Å². The molecule has 6 aromatic rings. The van der Waals surface area contributed by atoms with Crippen LogP contribution in [0, 0.1) is 0 Å². The first-order chi connectivity index (χ1) is 19.5. The van der Waals surface area contributed by atoms with Crippen LogP contribution in [0.15, 0.2) is 109 Å². The molecule has 2 heterocycles. The Morgan fingerprint density at radius 1 is 0.550 bits per heavy atom. The molecular weight excluding hydrogens is 579 g/mol. The lowest BCUT2D eigenvalue weighted by Gasteiger charge is -2.03. The molecule has 9 heteroatoms. The Morgan fingerprint density at radius 2 is 0.925 bits per heavy atom. The Hall–Kier alpha value is -4.01. The SMILES string of the molecule is O=C(c1sc(Nc2ccc(Cl)cc2)nc1-c1ccccc1)c1sc(Nc2ccc(Cl)cc2)nc1-c1ccccc1. The zero-order valence-corrected chi connectivity index (χ0v) is 23.9. The minimum absolute atomic E-state index is 0.138. The smallest absolute Gasteiger partial charge is 0.217 e. The van der Waals surface area contributed by atoms with Gasteiger partial charge in [-0.3, -0.25) is 4.79 Å². The fourth-order valence-corrected chi connectivity index (χ4v) is 6.28. The molecule has 0 radical (unpaired) electrons. The molecule has 0 saturated carbocycles. The van der Waals surface area contributed by atoms with Crippen molar-refractivity contribution in [2.45, 2.75) is 0 Å². The molecular formula is C31H20Cl2N4OS2. The van der Waals surface area contributed by atoms with E-state index in [4.69, 9.17) is 33.2 Å². The summed E-state index contributed by atoms with van der Waals surface area (Å²) in [7, 11) is 0. The van der Waals surface area contributed by atoms with Gasteiger partial charge in [0.2, 0.25) is 5.78 Å². The van der Waals surface area contributed by atoms with E-state index in [1.807, 2.05) is 84.9 Å². The molecule has 4 aromatic carbocycles. The number of thiazole rings is 2. The van der Waals surface area contributed by atoms with Crippen LogP contribution in [0.5, 0.6) is 0 Å². The minimum Gasteiger partial charge on any atom is -0.332 e. The van der Waals surface area contributed by atoms with Crippen molar-refractivity contribution in [3.8, 4) is 22.5 Å². The van der Waals surface area contributed by atoms with Crippen molar-refractivity contribution < 1.29 is 4.79 Å². The van der Waals surface area contributed by atoms with Crippen LogP contribution in [0.4, 0.5) is 21.6 Å². The van der Waals surface area contributed by atoms with E-state index in [9.17, 15) is 4.79 Å². The fraction of sp³-hybridized carbons (Fsp3) is 0. The summed E-state index contributed by atoms with van der Waals surface area (Å²) in [5.41, 5.74) is 4.61. The zero-order valence-electron chi connectivity index (χ0n) is 20.8. The van der Waals surface area contributed by atoms with Crippen molar-refractivity contribution in [2.75, 3.05) is 10.6 Å². The molecule has 196 valence electrons. The predicted octanol–water partition coefficient (Wildman–Crippen LogP) is 9.96.